The molecule has 116 valence electrons. The summed E-state index contributed by atoms with van der Waals surface area (Å²) in [6, 6.07) is 21.4. The zero-order valence-corrected chi connectivity index (χ0v) is 13.2. The monoisotopic (exact) mass is 294 g/mol. The van der Waals surface area contributed by atoms with E-state index < -0.39 is 0 Å². The van der Waals surface area contributed by atoms with E-state index in [-0.39, 0.29) is 6.04 Å². The summed E-state index contributed by atoms with van der Waals surface area (Å²) in [5.74, 6) is 0. The second-order valence-electron chi connectivity index (χ2n) is 5.77. The maximum atomic E-state index is 6.28. The van der Waals surface area contributed by atoms with Gasteiger partial charge in [-0.15, -0.1) is 6.58 Å². The van der Waals surface area contributed by atoms with Crippen molar-refractivity contribution in [2.45, 2.75) is 32.0 Å². The lowest BCUT2D eigenvalue weighted by Crippen LogP contribution is -2.36. The highest BCUT2D eigenvalue weighted by Crippen LogP contribution is 2.11. The number of rotatable bonds is 9. The minimum Gasteiger partial charge on any atom is -0.327 e. The van der Waals surface area contributed by atoms with Crippen molar-refractivity contribution in [1.82, 2.24) is 4.90 Å². The fraction of sp³-hybridized carbons (Fsp3) is 0.300. The smallest absolute Gasteiger partial charge is 0.0237 e. The maximum Gasteiger partial charge on any atom is 0.0237 e. The van der Waals surface area contributed by atoms with Gasteiger partial charge in [-0.1, -0.05) is 66.7 Å². The lowest BCUT2D eigenvalue weighted by molar-refractivity contribution is 0.236. The highest BCUT2D eigenvalue weighted by molar-refractivity contribution is 5.17. The quantitative estimate of drug-likeness (QED) is 0.709. The third-order valence-corrected chi connectivity index (χ3v) is 3.73. The van der Waals surface area contributed by atoms with E-state index in [1.54, 1.807) is 0 Å². The van der Waals surface area contributed by atoms with Crippen molar-refractivity contribution in [2.75, 3.05) is 6.54 Å². The Morgan fingerprint density at radius 3 is 1.86 bits per heavy atom. The number of allylic oxidation sites excluding steroid dienone is 1. The molecule has 0 aromatic heterocycles. The molecule has 0 saturated carbocycles. The minimum atomic E-state index is 0.186. The van der Waals surface area contributed by atoms with E-state index in [0.29, 0.717) is 0 Å². The van der Waals surface area contributed by atoms with Crippen LogP contribution in [0.3, 0.4) is 0 Å². The van der Waals surface area contributed by atoms with Crippen LogP contribution in [0.4, 0.5) is 0 Å². The summed E-state index contributed by atoms with van der Waals surface area (Å²) in [5, 5.41) is 0. The number of nitrogens with zero attached hydrogens (tertiary/aromatic N) is 1. The number of nitrogens with two attached hydrogens (primary N) is 1. The molecule has 2 rings (SSSR count). The molecule has 0 bridgehead atoms. The van der Waals surface area contributed by atoms with Crippen LogP contribution in [0, 0.1) is 0 Å². The largest absolute Gasteiger partial charge is 0.327 e. The molecule has 0 aliphatic heterocycles. The molecule has 2 aromatic carbocycles. The predicted octanol–water partition coefficient (Wildman–Crippen LogP) is 3.98. The van der Waals surface area contributed by atoms with Gasteiger partial charge < -0.3 is 5.73 Å². The van der Waals surface area contributed by atoms with Crippen molar-refractivity contribution in [1.29, 1.82) is 0 Å². The van der Waals surface area contributed by atoms with Crippen molar-refractivity contribution in [3.8, 4) is 0 Å². The second kappa shape index (κ2) is 9.19. The van der Waals surface area contributed by atoms with Crippen molar-refractivity contribution in [2.24, 2.45) is 5.73 Å². The highest BCUT2D eigenvalue weighted by Gasteiger charge is 2.11. The first kappa shape index (κ1) is 16.5. The SMILES string of the molecule is C=CCCC(N)CN(Cc1ccccc1)Cc1ccccc1. The highest BCUT2D eigenvalue weighted by atomic mass is 15.1. The third-order valence-electron chi connectivity index (χ3n) is 3.73. The summed E-state index contributed by atoms with van der Waals surface area (Å²) in [7, 11) is 0. The van der Waals surface area contributed by atoms with Crippen molar-refractivity contribution in [3.63, 3.8) is 0 Å². The van der Waals surface area contributed by atoms with Crippen LogP contribution in [-0.2, 0) is 13.1 Å². The summed E-state index contributed by atoms with van der Waals surface area (Å²) in [5.41, 5.74) is 8.93. The number of hydrogen-bond donors (Lipinski definition) is 1. The summed E-state index contributed by atoms with van der Waals surface area (Å²) in [6.07, 6.45) is 3.91. The van der Waals surface area contributed by atoms with Crippen LogP contribution in [0.25, 0.3) is 0 Å². The van der Waals surface area contributed by atoms with Crippen LogP contribution in [0.5, 0.6) is 0 Å². The molecule has 2 N–H and O–H groups in total. The van der Waals surface area contributed by atoms with Crippen LogP contribution in [0.15, 0.2) is 73.3 Å². The third kappa shape index (κ3) is 5.84. The zero-order chi connectivity index (χ0) is 15.6. The minimum absolute atomic E-state index is 0.186. The van der Waals surface area contributed by atoms with Crippen molar-refractivity contribution >= 4 is 0 Å². The molecule has 2 aromatic rings. The Morgan fingerprint density at radius 1 is 0.909 bits per heavy atom. The van der Waals surface area contributed by atoms with Gasteiger partial charge in [-0.2, -0.15) is 0 Å². The molecule has 0 aliphatic carbocycles. The van der Waals surface area contributed by atoms with Crippen molar-refractivity contribution in [3.05, 3.63) is 84.4 Å². The molecular weight excluding hydrogens is 268 g/mol. The van der Waals surface area contributed by atoms with E-state index in [1.807, 2.05) is 6.08 Å². The van der Waals surface area contributed by atoms with Gasteiger partial charge in [0.05, 0.1) is 0 Å². The van der Waals surface area contributed by atoms with Crippen molar-refractivity contribution < 1.29 is 0 Å². The van der Waals surface area contributed by atoms with E-state index in [4.69, 9.17) is 5.73 Å². The van der Waals surface area contributed by atoms with E-state index in [9.17, 15) is 0 Å². The van der Waals surface area contributed by atoms with Gasteiger partial charge >= 0.3 is 0 Å². The average molecular weight is 294 g/mol. The molecule has 0 radical (unpaired) electrons. The number of benzene rings is 2. The van der Waals surface area contributed by atoms with Gasteiger partial charge in [-0.3, -0.25) is 4.90 Å². The number of hydrogen-bond acceptors (Lipinski definition) is 2. The van der Waals surface area contributed by atoms with Crippen LogP contribution >= 0.6 is 0 Å². The second-order valence-corrected chi connectivity index (χ2v) is 5.77. The molecule has 0 fully saturated rings. The van der Waals surface area contributed by atoms with E-state index in [0.717, 1.165) is 32.5 Å². The molecule has 2 nitrogen and oxygen atoms in total. The Balaban J connectivity index is 2.01. The van der Waals surface area contributed by atoms with Gasteiger partial charge in [0, 0.05) is 25.7 Å². The summed E-state index contributed by atoms with van der Waals surface area (Å²) >= 11 is 0. The van der Waals surface area contributed by atoms with Crippen LogP contribution in [0.2, 0.25) is 0 Å². The van der Waals surface area contributed by atoms with E-state index >= 15 is 0 Å². The molecule has 0 saturated heterocycles. The molecule has 0 amide bonds. The first-order chi connectivity index (χ1) is 10.8. The lowest BCUT2D eigenvalue weighted by Gasteiger charge is -2.26. The molecule has 0 heterocycles. The zero-order valence-electron chi connectivity index (χ0n) is 13.2. The van der Waals surface area contributed by atoms with Gasteiger partial charge in [0.2, 0.25) is 0 Å². The molecule has 22 heavy (non-hydrogen) atoms. The molecule has 0 aliphatic rings. The average Bonchev–Trinajstić information content (AvgIpc) is 2.55. The van der Waals surface area contributed by atoms with Gasteiger partial charge in [-0.25, -0.2) is 0 Å². The van der Waals surface area contributed by atoms with Gasteiger partial charge in [0.15, 0.2) is 0 Å². The predicted molar refractivity (Wildman–Crippen MR) is 94.4 cm³/mol. The van der Waals surface area contributed by atoms with Gasteiger partial charge in [-0.05, 0) is 24.0 Å². The standard InChI is InChI=1S/C20H26N2/c1-2-3-14-20(21)17-22(15-18-10-6-4-7-11-18)16-19-12-8-5-9-13-19/h2,4-13,20H,1,3,14-17,21H2. The van der Waals surface area contributed by atoms with Crippen LogP contribution in [-0.4, -0.2) is 17.5 Å². The molecule has 1 atom stereocenters. The first-order valence-corrected chi connectivity index (χ1v) is 7.94. The Labute approximate surface area is 134 Å². The topological polar surface area (TPSA) is 29.3 Å². The Kier molecular flexibility index (Phi) is 6.88. The van der Waals surface area contributed by atoms with E-state index in [1.165, 1.54) is 11.1 Å². The van der Waals surface area contributed by atoms with Crippen LogP contribution in [0.1, 0.15) is 24.0 Å². The summed E-state index contributed by atoms with van der Waals surface area (Å²) in [6.45, 7) is 6.53. The fourth-order valence-corrected chi connectivity index (χ4v) is 2.62. The fourth-order valence-electron chi connectivity index (χ4n) is 2.62. The van der Waals surface area contributed by atoms with Gasteiger partial charge in [0.1, 0.15) is 0 Å². The normalized spacial score (nSPS) is 12.3. The molecule has 0 spiro atoms. The lowest BCUT2D eigenvalue weighted by atomic mass is 10.1. The summed E-state index contributed by atoms with van der Waals surface area (Å²) < 4.78 is 0. The Bertz CT molecular complexity index is 495. The summed E-state index contributed by atoms with van der Waals surface area (Å²) in [4.78, 5) is 2.43. The first-order valence-electron chi connectivity index (χ1n) is 7.94. The molecule has 1 unspecified atom stereocenters. The Morgan fingerprint density at radius 2 is 1.41 bits per heavy atom. The molecular formula is C20H26N2. The van der Waals surface area contributed by atoms with E-state index in [2.05, 4.69) is 72.1 Å². The molecule has 2 heteroatoms. The van der Waals surface area contributed by atoms with Gasteiger partial charge in [0.25, 0.3) is 0 Å². The maximum absolute atomic E-state index is 6.28. The van der Waals surface area contributed by atoms with Crippen LogP contribution < -0.4 is 5.73 Å². The Hall–Kier alpha value is -1.90.